The zero-order valence-corrected chi connectivity index (χ0v) is 15.8. The minimum Gasteiger partial charge on any atom is -0.452 e. The van der Waals surface area contributed by atoms with Gasteiger partial charge in [-0.2, -0.15) is 0 Å². The van der Waals surface area contributed by atoms with Gasteiger partial charge < -0.3 is 10.1 Å². The fourth-order valence-corrected chi connectivity index (χ4v) is 3.76. The van der Waals surface area contributed by atoms with Gasteiger partial charge in [-0.25, -0.2) is 4.79 Å². The quantitative estimate of drug-likeness (QED) is 0.691. The third-order valence-corrected chi connectivity index (χ3v) is 5.13. The second kappa shape index (κ2) is 7.80. The Balaban J connectivity index is 1.48. The molecule has 1 amide bonds. The van der Waals surface area contributed by atoms with E-state index in [2.05, 4.69) is 10.3 Å². The summed E-state index contributed by atoms with van der Waals surface area (Å²) >= 11 is 0. The molecule has 3 aromatic rings. The summed E-state index contributed by atoms with van der Waals surface area (Å²) < 4.78 is 5.38. The first kappa shape index (κ1) is 18.2. The van der Waals surface area contributed by atoms with Crippen LogP contribution in [0.15, 0.2) is 54.6 Å². The first-order chi connectivity index (χ1) is 13.6. The SMILES string of the molecule is C[C@H](NC(=O)COC(=O)c1c2c(nc3ccccc13)CCC2)c1ccccc1. The van der Waals surface area contributed by atoms with E-state index >= 15 is 0 Å². The minimum atomic E-state index is -0.459. The highest BCUT2D eigenvalue weighted by molar-refractivity contribution is 6.05. The molecular formula is C23H22N2O3. The Bertz CT molecular complexity index is 1030. The second-order valence-corrected chi connectivity index (χ2v) is 7.06. The molecule has 0 unspecified atom stereocenters. The summed E-state index contributed by atoms with van der Waals surface area (Å²) in [6.07, 6.45) is 2.67. The molecule has 1 aromatic heterocycles. The van der Waals surface area contributed by atoms with Crippen LogP contribution in [0.25, 0.3) is 10.9 Å². The van der Waals surface area contributed by atoms with Crippen molar-refractivity contribution in [2.75, 3.05) is 6.61 Å². The van der Waals surface area contributed by atoms with Crippen LogP contribution >= 0.6 is 0 Å². The first-order valence-corrected chi connectivity index (χ1v) is 9.55. The maximum atomic E-state index is 12.8. The molecule has 0 aliphatic heterocycles. The van der Waals surface area contributed by atoms with Crippen molar-refractivity contribution in [2.24, 2.45) is 0 Å². The number of hydrogen-bond donors (Lipinski definition) is 1. The zero-order valence-electron chi connectivity index (χ0n) is 15.8. The fraction of sp³-hybridized carbons (Fsp3) is 0.261. The number of rotatable bonds is 5. The van der Waals surface area contributed by atoms with Crippen molar-refractivity contribution < 1.29 is 14.3 Å². The molecule has 2 aromatic carbocycles. The molecule has 0 spiro atoms. The Labute approximate surface area is 163 Å². The monoisotopic (exact) mass is 374 g/mol. The largest absolute Gasteiger partial charge is 0.452 e. The number of carbonyl (C=O) groups excluding carboxylic acids is 2. The fourth-order valence-electron chi connectivity index (χ4n) is 3.76. The van der Waals surface area contributed by atoms with Crippen LogP contribution in [0.4, 0.5) is 0 Å². The van der Waals surface area contributed by atoms with Gasteiger partial charge in [0.15, 0.2) is 6.61 Å². The summed E-state index contributed by atoms with van der Waals surface area (Å²) in [6, 6.07) is 17.1. The number of nitrogens with one attached hydrogen (secondary N) is 1. The molecule has 1 aliphatic carbocycles. The maximum Gasteiger partial charge on any atom is 0.339 e. The minimum absolute atomic E-state index is 0.154. The molecule has 1 heterocycles. The number of nitrogens with zero attached hydrogens (tertiary/aromatic N) is 1. The lowest BCUT2D eigenvalue weighted by atomic mass is 10.0. The van der Waals surface area contributed by atoms with Gasteiger partial charge in [-0.15, -0.1) is 0 Å². The molecule has 1 N–H and O–H groups in total. The average molecular weight is 374 g/mol. The average Bonchev–Trinajstić information content (AvgIpc) is 3.18. The zero-order chi connectivity index (χ0) is 19.5. The molecule has 1 atom stereocenters. The van der Waals surface area contributed by atoms with E-state index < -0.39 is 5.97 Å². The summed E-state index contributed by atoms with van der Waals surface area (Å²) in [4.78, 5) is 29.8. The van der Waals surface area contributed by atoms with Gasteiger partial charge in [0.05, 0.1) is 17.1 Å². The van der Waals surface area contributed by atoms with E-state index in [1.807, 2.05) is 61.5 Å². The summed E-state index contributed by atoms with van der Waals surface area (Å²) in [6.45, 7) is 1.60. The number of para-hydroxylation sites is 1. The highest BCUT2D eigenvalue weighted by Gasteiger charge is 2.25. The molecule has 0 saturated heterocycles. The molecule has 5 heteroatoms. The van der Waals surface area contributed by atoms with Crippen LogP contribution < -0.4 is 5.32 Å². The molecule has 5 nitrogen and oxygen atoms in total. The highest BCUT2D eigenvalue weighted by atomic mass is 16.5. The number of pyridine rings is 1. The van der Waals surface area contributed by atoms with Gasteiger partial charge in [0.2, 0.25) is 0 Å². The van der Waals surface area contributed by atoms with Crippen molar-refractivity contribution in [3.05, 3.63) is 77.0 Å². The van der Waals surface area contributed by atoms with Gasteiger partial charge in [-0.05, 0) is 43.4 Å². The number of esters is 1. The normalized spacial score (nSPS) is 13.8. The summed E-state index contributed by atoms with van der Waals surface area (Å²) in [5, 5.41) is 3.65. The number of fused-ring (bicyclic) bond motifs is 2. The molecule has 142 valence electrons. The Morgan fingerprint density at radius 2 is 1.82 bits per heavy atom. The highest BCUT2D eigenvalue weighted by Crippen LogP contribution is 2.30. The molecule has 4 rings (SSSR count). The van der Waals surface area contributed by atoms with E-state index in [1.165, 1.54) is 0 Å². The molecular weight excluding hydrogens is 352 g/mol. The van der Waals surface area contributed by atoms with Crippen LogP contribution in [0.5, 0.6) is 0 Å². The molecule has 0 saturated carbocycles. The van der Waals surface area contributed by atoms with E-state index in [4.69, 9.17) is 4.74 Å². The lowest BCUT2D eigenvalue weighted by Gasteiger charge is -2.15. The number of carbonyl (C=O) groups is 2. The Morgan fingerprint density at radius 1 is 1.07 bits per heavy atom. The summed E-state index contributed by atoms with van der Waals surface area (Å²) in [5.41, 5.74) is 4.27. The number of amides is 1. The summed E-state index contributed by atoms with van der Waals surface area (Å²) in [5.74, 6) is -0.779. The van der Waals surface area contributed by atoms with Gasteiger partial charge in [-0.3, -0.25) is 9.78 Å². The third kappa shape index (κ3) is 3.60. The van der Waals surface area contributed by atoms with Gasteiger partial charge in [0, 0.05) is 11.1 Å². The molecule has 28 heavy (non-hydrogen) atoms. The number of ether oxygens (including phenoxy) is 1. The van der Waals surface area contributed by atoms with Crippen LogP contribution in [0.3, 0.4) is 0 Å². The van der Waals surface area contributed by atoms with Crippen LogP contribution in [-0.2, 0) is 22.4 Å². The van der Waals surface area contributed by atoms with Crippen molar-refractivity contribution in [2.45, 2.75) is 32.2 Å². The Kier molecular flexibility index (Phi) is 5.06. The lowest BCUT2D eigenvalue weighted by molar-refractivity contribution is -0.124. The van der Waals surface area contributed by atoms with Crippen molar-refractivity contribution in [1.29, 1.82) is 0 Å². The molecule has 0 radical (unpaired) electrons. The maximum absolute atomic E-state index is 12.8. The van der Waals surface area contributed by atoms with E-state index in [9.17, 15) is 9.59 Å². The number of benzene rings is 2. The number of aryl methyl sites for hydroxylation is 1. The first-order valence-electron chi connectivity index (χ1n) is 9.55. The van der Waals surface area contributed by atoms with Gasteiger partial charge in [0.25, 0.3) is 5.91 Å². The van der Waals surface area contributed by atoms with Crippen molar-refractivity contribution in [1.82, 2.24) is 10.3 Å². The smallest absolute Gasteiger partial charge is 0.339 e. The molecule has 1 aliphatic rings. The topological polar surface area (TPSA) is 68.3 Å². The van der Waals surface area contributed by atoms with E-state index in [1.54, 1.807) is 0 Å². The Morgan fingerprint density at radius 3 is 2.64 bits per heavy atom. The second-order valence-electron chi connectivity index (χ2n) is 7.06. The van der Waals surface area contributed by atoms with Crippen molar-refractivity contribution in [3.63, 3.8) is 0 Å². The lowest BCUT2D eigenvalue weighted by Crippen LogP contribution is -2.31. The van der Waals surface area contributed by atoms with Gasteiger partial charge >= 0.3 is 5.97 Å². The molecule has 0 fully saturated rings. The predicted octanol–water partition coefficient (Wildman–Crippen LogP) is 3.76. The predicted molar refractivity (Wildman–Crippen MR) is 107 cm³/mol. The number of hydrogen-bond acceptors (Lipinski definition) is 4. The van der Waals surface area contributed by atoms with E-state index in [-0.39, 0.29) is 18.6 Å². The van der Waals surface area contributed by atoms with Crippen LogP contribution in [-0.4, -0.2) is 23.5 Å². The van der Waals surface area contributed by atoms with Crippen LogP contribution in [0.2, 0.25) is 0 Å². The Hall–Kier alpha value is -3.21. The third-order valence-electron chi connectivity index (χ3n) is 5.13. The van der Waals surface area contributed by atoms with Crippen LogP contribution in [0, 0.1) is 0 Å². The van der Waals surface area contributed by atoms with Crippen molar-refractivity contribution in [3.8, 4) is 0 Å². The van der Waals surface area contributed by atoms with Crippen molar-refractivity contribution >= 4 is 22.8 Å². The van der Waals surface area contributed by atoms with E-state index in [0.29, 0.717) is 5.56 Å². The van der Waals surface area contributed by atoms with E-state index in [0.717, 1.165) is 47.0 Å². The number of aromatic nitrogens is 1. The van der Waals surface area contributed by atoms with Gasteiger partial charge in [0.1, 0.15) is 0 Å². The van der Waals surface area contributed by atoms with Crippen LogP contribution in [0.1, 0.15) is 46.6 Å². The van der Waals surface area contributed by atoms with Gasteiger partial charge in [-0.1, -0.05) is 48.5 Å². The molecule has 0 bridgehead atoms. The standard InChI is InChI=1S/C23H22N2O3/c1-15(16-8-3-2-4-9-16)24-21(26)14-28-23(27)22-17-10-5-6-12-19(17)25-20-13-7-11-18(20)22/h2-6,8-10,12,15H,7,11,13-14H2,1H3,(H,24,26)/t15-/m0/s1. The summed E-state index contributed by atoms with van der Waals surface area (Å²) in [7, 11) is 0.